The van der Waals surface area contributed by atoms with Crippen molar-refractivity contribution in [3.05, 3.63) is 29.8 Å². The van der Waals surface area contributed by atoms with Crippen LogP contribution in [0.4, 0.5) is 0 Å². The van der Waals surface area contributed by atoms with Crippen LogP contribution in [-0.2, 0) is 11.2 Å². The van der Waals surface area contributed by atoms with Crippen molar-refractivity contribution in [2.75, 3.05) is 0 Å². The van der Waals surface area contributed by atoms with Crippen LogP contribution in [0.2, 0.25) is 0 Å². The Morgan fingerprint density at radius 2 is 2.14 bits per heavy atom. The molecule has 0 radical (unpaired) electrons. The molecule has 1 amide bonds. The van der Waals surface area contributed by atoms with Crippen LogP contribution in [0.3, 0.4) is 0 Å². The van der Waals surface area contributed by atoms with Gasteiger partial charge in [0, 0.05) is 0 Å². The molecule has 76 valence electrons. The van der Waals surface area contributed by atoms with Crippen molar-refractivity contribution in [2.24, 2.45) is 5.73 Å². The summed E-state index contributed by atoms with van der Waals surface area (Å²) in [6.07, 6.45) is 0.370. The molecule has 3 N–H and O–H groups in total. The largest absolute Gasteiger partial charge is 0.508 e. The van der Waals surface area contributed by atoms with Crippen LogP contribution in [0.1, 0.15) is 12.5 Å². The summed E-state index contributed by atoms with van der Waals surface area (Å²) in [6.45, 7) is 1.68. The molecule has 4 heteroatoms. The molecule has 0 aromatic heterocycles. The summed E-state index contributed by atoms with van der Waals surface area (Å²) in [5.41, 5.74) is 5.90. The normalized spacial score (nSPS) is 14.7. The molecule has 1 unspecified atom stereocenters. The zero-order valence-electron chi connectivity index (χ0n) is 7.83. The third kappa shape index (κ3) is 2.48. The highest BCUT2D eigenvalue weighted by Crippen LogP contribution is 2.27. The van der Waals surface area contributed by atoms with E-state index < -0.39 is 10.2 Å². The Morgan fingerprint density at radius 1 is 1.57 bits per heavy atom. The van der Waals surface area contributed by atoms with E-state index in [1.165, 1.54) is 0 Å². The Labute approximate surface area is 91.1 Å². The molecule has 1 rings (SSSR count). The van der Waals surface area contributed by atoms with Gasteiger partial charge in [-0.3, -0.25) is 4.79 Å². The van der Waals surface area contributed by atoms with Gasteiger partial charge < -0.3 is 10.8 Å². The number of hydrogen-bond donors (Lipinski definition) is 2. The van der Waals surface area contributed by atoms with Gasteiger partial charge >= 0.3 is 0 Å². The summed E-state index contributed by atoms with van der Waals surface area (Å²) in [7, 11) is 0. The second kappa shape index (κ2) is 4.00. The second-order valence-corrected chi connectivity index (χ2v) is 5.12. The quantitative estimate of drug-likeness (QED) is 0.808. The lowest BCUT2D eigenvalue weighted by Gasteiger charge is -2.18. The molecule has 1 aromatic rings. The second-order valence-electron chi connectivity index (χ2n) is 3.37. The van der Waals surface area contributed by atoms with E-state index in [-0.39, 0.29) is 5.75 Å². The minimum absolute atomic E-state index is 0.180. The van der Waals surface area contributed by atoms with E-state index in [4.69, 9.17) is 5.73 Å². The Bertz CT molecular complexity index is 350. The Kier molecular flexibility index (Phi) is 3.16. The van der Waals surface area contributed by atoms with E-state index in [0.717, 1.165) is 0 Å². The number of amides is 1. The molecule has 3 nitrogen and oxygen atoms in total. The number of aromatic hydroxyl groups is 1. The Morgan fingerprint density at radius 3 is 2.64 bits per heavy atom. The fourth-order valence-electron chi connectivity index (χ4n) is 1.11. The first-order chi connectivity index (χ1) is 6.43. The van der Waals surface area contributed by atoms with Crippen LogP contribution in [0.15, 0.2) is 24.3 Å². The average molecular weight is 258 g/mol. The van der Waals surface area contributed by atoms with Crippen LogP contribution >= 0.6 is 15.9 Å². The maximum Gasteiger partial charge on any atom is 0.234 e. The molecule has 0 saturated carbocycles. The number of benzene rings is 1. The maximum absolute atomic E-state index is 11.0. The summed E-state index contributed by atoms with van der Waals surface area (Å²) >= 11 is 3.23. The third-order valence-corrected chi connectivity index (χ3v) is 2.70. The SMILES string of the molecule is CC(Br)(Cc1ccccc1O)C(N)=O. The van der Waals surface area contributed by atoms with Gasteiger partial charge in [-0.15, -0.1) is 0 Å². The van der Waals surface area contributed by atoms with Gasteiger partial charge in [0.05, 0.1) is 0 Å². The van der Waals surface area contributed by atoms with Gasteiger partial charge in [0.15, 0.2) is 0 Å². The van der Waals surface area contributed by atoms with Crippen molar-refractivity contribution in [3.8, 4) is 5.75 Å². The highest BCUT2D eigenvalue weighted by molar-refractivity contribution is 9.10. The maximum atomic E-state index is 11.0. The number of carbonyl (C=O) groups excluding carboxylic acids is 1. The van der Waals surface area contributed by atoms with Crippen LogP contribution in [0.5, 0.6) is 5.75 Å². The minimum atomic E-state index is -0.814. The van der Waals surface area contributed by atoms with Crippen molar-refractivity contribution in [1.82, 2.24) is 0 Å². The molecule has 0 bridgehead atoms. The number of hydrogen-bond acceptors (Lipinski definition) is 2. The van der Waals surface area contributed by atoms with Gasteiger partial charge in [-0.1, -0.05) is 34.1 Å². The van der Waals surface area contributed by atoms with E-state index in [0.29, 0.717) is 12.0 Å². The monoisotopic (exact) mass is 257 g/mol. The number of phenols is 1. The summed E-state index contributed by atoms with van der Waals surface area (Å²) in [5.74, 6) is -0.264. The van der Waals surface area contributed by atoms with Crippen LogP contribution in [0, 0.1) is 0 Å². The first-order valence-electron chi connectivity index (χ1n) is 4.19. The summed E-state index contributed by atoms with van der Waals surface area (Å²) in [5, 5.41) is 9.48. The molecule has 1 aromatic carbocycles. The average Bonchev–Trinajstić information content (AvgIpc) is 2.08. The zero-order valence-corrected chi connectivity index (χ0v) is 9.41. The van der Waals surface area contributed by atoms with E-state index in [1.807, 2.05) is 0 Å². The lowest BCUT2D eigenvalue weighted by molar-refractivity contribution is -0.119. The molecule has 0 aliphatic rings. The van der Waals surface area contributed by atoms with Gasteiger partial charge in [-0.05, 0) is 25.0 Å². The number of halogens is 1. The number of para-hydroxylation sites is 1. The highest BCUT2D eigenvalue weighted by Gasteiger charge is 2.28. The number of phenolic OH excluding ortho intramolecular Hbond substituents is 1. The van der Waals surface area contributed by atoms with Gasteiger partial charge in [0.2, 0.25) is 5.91 Å². The number of rotatable bonds is 3. The van der Waals surface area contributed by atoms with Crippen LogP contribution < -0.4 is 5.73 Å². The standard InChI is InChI=1S/C10H12BrNO2/c1-10(11,9(12)14)6-7-4-2-3-5-8(7)13/h2-5,13H,6H2,1H3,(H2,12,14). The van der Waals surface area contributed by atoms with Crippen LogP contribution in [0.25, 0.3) is 0 Å². The van der Waals surface area contributed by atoms with Gasteiger partial charge in [-0.25, -0.2) is 0 Å². The molecule has 0 heterocycles. The molecule has 0 saturated heterocycles. The fraction of sp³-hybridized carbons (Fsp3) is 0.300. The molecular weight excluding hydrogens is 246 g/mol. The van der Waals surface area contributed by atoms with Crippen LogP contribution in [-0.4, -0.2) is 15.3 Å². The van der Waals surface area contributed by atoms with Crippen molar-refractivity contribution < 1.29 is 9.90 Å². The fourth-order valence-corrected chi connectivity index (χ4v) is 1.41. The molecule has 0 spiro atoms. The molecule has 0 aliphatic carbocycles. The Hall–Kier alpha value is -1.03. The number of carbonyl (C=O) groups is 1. The third-order valence-electron chi connectivity index (χ3n) is 2.03. The smallest absolute Gasteiger partial charge is 0.234 e. The highest BCUT2D eigenvalue weighted by atomic mass is 79.9. The van der Waals surface area contributed by atoms with E-state index in [2.05, 4.69) is 15.9 Å². The molecule has 1 atom stereocenters. The topological polar surface area (TPSA) is 63.3 Å². The van der Waals surface area contributed by atoms with E-state index in [1.54, 1.807) is 31.2 Å². The van der Waals surface area contributed by atoms with Crippen molar-refractivity contribution in [1.29, 1.82) is 0 Å². The van der Waals surface area contributed by atoms with Gasteiger partial charge in [0.1, 0.15) is 10.1 Å². The van der Waals surface area contributed by atoms with Crippen molar-refractivity contribution in [3.63, 3.8) is 0 Å². The Balaban J connectivity index is 2.89. The van der Waals surface area contributed by atoms with E-state index in [9.17, 15) is 9.90 Å². The minimum Gasteiger partial charge on any atom is -0.508 e. The first kappa shape index (κ1) is 11.0. The molecule has 14 heavy (non-hydrogen) atoms. The number of alkyl halides is 1. The molecular formula is C10H12BrNO2. The first-order valence-corrected chi connectivity index (χ1v) is 4.98. The summed E-state index contributed by atoms with van der Waals surface area (Å²) < 4.78 is -0.814. The van der Waals surface area contributed by atoms with Crippen molar-refractivity contribution >= 4 is 21.8 Å². The zero-order chi connectivity index (χ0) is 10.8. The van der Waals surface area contributed by atoms with E-state index >= 15 is 0 Å². The number of primary amides is 1. The molecule has 0 aliphatic heterocycles. The predicted molar refractivity (Wildman–Crippen MR) is 58.3 cm³/mol. The molecule has 0 fully saturated rings. The lowest BCUT2D eigenvalue weighted by atomic mass is 10.00. The van der Waals surface area contributed by atoms with Gasteiger partial charge in [-0.2, -0.15) is 0 Å². The predicted octanol–water partition coefficient (Wildman–Crippen LogP) is 1.57. The van der Waals surface area contributed by atoms with Crippen molar-refractivity contribution in [2.45, 2.75) is 17.7 Å². The summed E-state index contributed by atoms with van der Waals surface area (Å²) in [4.78, 5) is 11.0. The number of nitrogens with two attached hydrogens (primary N) is 1. The van der Waals surface area contributed by atoms with Gasteiger partial charge in [0.25, 0.3) is 0 Å². The summed E-state index contributed by atoms with van der Waals surface area (Å²) in [6, 6.07) is 6.88. The lowest BCUT2D eigenvalue weighted by Crippen LogP contribution is -2.37.